The van der Waals surface area contributed by atoms with Crippen molar-refractivity contribution >= 4 is 166 Å². The van der Waals surface area contributed by atoms with Crippen LogP contribution in [-0.2, 0) is 30.5 Å². The molecule has 0 bridgehead atoms. The normalized spacial score (nSPS) is 15.4. The first-order valence-electron chi connectivity index (χ1n) is 38.5. The summed E-state index contributed by atoms with van der Waals surface area (Å²) in [5.41, 5.74) is 13.8. The molecule has 14 aromatic rings. The molecule has 684 valence electrons. The van der Waals surface area contributed by atoms with Crippen molar-refractivity contribution in [3.8, 4) is 74.0 Å². The first-order valence-corrected chi connectivity index (χ1v) is 41.5. The van der Waals surface area contributed by atoms with Crippen molar-refractivity contribution in [2.24, 2.45) is 15.0 Å². The number of nitrogens with zero attached hydrogens (tertiary/aromatic N) is 10. The quantitative estimate of drug-likeness (QED) is 0.0382. The Morgan fingerprint density at radius 1 is 0.500 bits per heavy atom. The number of aromatic amines is 2. The topological polar surface area (TPSA) is 465 Å². The smallest absolute Gasteiger partial charge is 0.495 e. The van der Waals surface area contributed by atoms with Gasteiger partial charge in [-0.05, 0) is 100 Å². The molecule has 10 N–H and O–H groups in total. The van der Waals surface area contributed by atoms with Gasteiger partial charge in [0.1, 0.15) is 29.0 Å². The van der Waals surface area contributed by atoms with E-state index in [4.69, 9.17) is 26.5 Å². The number of thiophene rings is 1. The predicted octanol–water partition coefficient (Wildman–Crippen LogP) is 15.9. The number of benzene rings is 7. The molecule has 7 aromatic heterocycles. The van der Waals surface area contributed by atoms with E-state index in [1.54, 1.807) is 76.9 Å². The van der Waals surface area contributed by atoms with E-state index < -0.39 is 49.2 Å². The molecule has 37 nitrogen and oxygen atoms in total. The second-order valence-corrected chi connectivity index (χ2v) is 31.8. The Kier molecular flexibility index (Phi) is 22.9. The van der Waals surface area contributed by atoms with Crippen LogP contribution in [0.4, 0.5) is 89.4 Å². The van der Waals surface area contributed by atoms with Gasteiger partial charge in [-0.15, -0.1) is 55.2 Å². The largest absolute Gasteiger partial charge is 0.586 e. The third-order valence-electron chi connectivity index (χ3n) is 19.3. The van der Waals surface area contributed by atoms with Crippen LogP contribution in [0.5, 0.6) is 63.2 Å². The fraction of sp³-hybridized carbons (Fsp3) is 0.145. The molecule has 0 atom stereocenters. The number of alkyl halides is 10. The van der Waals surface area contributed by atoms with Gasteiger partial charge in [-0.25, -0.2) is 29.9 Å². The van der Waals surface area contributed by atoms with Gasteiger partial charge in [0.05, 0.1) is 87.6 Å². The van der Waals surface area contributed by atoms with Crippen LogP contribution >= 0.6 is 45.8 Å². The van der Waals surface area contributed by atoms with Gasteiger partial charge in [-0.3, -0.25) is 49.7 Å². The zero-order chi connectivity index (χ0) is 94.0. The molecular formula is C83H54ClF10N19O18S3. The number of furan rings is 1. The Balaban J connectivity index is 0.000000112. The number of aliphatic imine (C=N–C) groups is 3. The van der Waals surface area contributed by atoms with Gasteiger partial charge in [0.2, 0.25) is 28.8 Å². The molecule has 0 spiro atoms. The summed E-state index contributed by atoms with van der Waals surface area (Å²) in [7, 11) is 5.14. The van der Waals surface area contributed by atoms with Crippen LogP contribution in [0.15, 0.2) is 182 Å². The van der Waals surface area contributed by atoms with Gasteiger partial charge < -0.3 is 93.1 Å². The second-order valence-electron chi connectivity index (χ2n) is 29.0. The summed E-state index contributed by atoms with van der Waals surface area (Å²) in [5, 5.41) is 22.1. The fourth-order valence-corrected chi connectivity index (χ4v) is 15.6. The standard InChI is InChI=1S/C17H11ClF2N2O3.C17H14F2N4O3.C17H9F2N3O4S.C16H8F2N6O4S2.C16H12F2N4O4/c18-11-3-1-2-9(4-11)5-16(23)22-15-7-10-6-13-14(8-12(10)21-15)25-17(19,20)24-13;1-23(2)11-3-10(7-20-8-11)16(24)22-15-5-9-4-13-14(6-12(9)21-15)26-17(18,19)25-13;18-17(19)25-12-4-8-5-14(20-9(8)6-13(12)26-17)22-15(23)10-7-27-16(21-10)11-2-1-3-24-11;17-16(18)27-9-3-7-8(4-10(9)28-16)20-14(19-7)22-13(26)11-21-15(30-24-11)23-12(25)6-1-2-29-5-6;1-24-11-4-7(2-3-8(11)19)14(23)22-15-20-9-5-12-13(6-10(9)21-15)26-16(17,18)25-12/h1-4,6,8H,5,7H2,(H,21,22,23);3-4,6-8H,5H2,1-2H3,(H,21,22,24);1-4,6-7H,5H2,(H,20,22,23);1-5H,(H2,19,20,22,26)(H,21,23,24,25);2-6H,19H2,1H3,(H2,20,21,22,23). The summed E-state index contributed by atoms with van der Waals surface area (Å²) in [5.74, 6) is -1.21. The second kappa shape index (κ2) is 34.8. The van der Waals surface area contributed by atoms with Crippen LogP contribution < -0.4 is 94.6 Å². The summed E-state index contributed by atoms with van der Waals surface area (Å²) in [6, 6.07) is 32.1. The summed E-state index contributed by atoms with van der Waals surface area (Å²) in [6.45, 7) is 0. The summed E-state index contributed by atoms with van der Waals surface area (Å²) in [4.78, 5) is 114. The highest BCUT2D eigenvalue weighted by molar-refractivity contribution is 7.13. The monoisotopic (exact) mass is 1930 g/mol. The molecule has 22 rings (SSSR count). The Hall–Kier alpha value is -16.4. The number of halogens is 11. The number of amides is 6. The van der Waals surface area contributed by atoms with Crippen molar-refractivity contribution in [1.82, 2.24) is 55.2 Å². The van der Waals surface area contributed by atoms with Gasteiger partial charge >= 0.3 is 31.5 Å². The summed E-state index contributed by atoms with van der Waals surface area (Å²) < 4.78 is 189. The number of anilines is 5. The molecule has 8 aliphatic heterocycles. The number of ether oxygens (including phenoxy) is 11. The van der Waals surface area contributed by atoms with Crippen molar-refractivity contribution < 1.29 is 129 Å². The van der Waals surface area contributed by atoms with E-state index in [0.29, 0.717) is 125 Å². The fourth-order valence-electron chi connectivity index (χ4n) is 13.4. The number of pyridine rings is 1. The Bertz CT molecular complexity index is 7130. The zero-order valence-electron chi connectivity index (χ0n) is 67.7. The SMILES string of the molecule is CN(C)c1cncc(C(=O)NC2=Nc3cc4c(cc3C2)OC(F)(F)O4)c1.COc1cc(C(=O)Nc2nc3cc4c(cc3[nH]2)OC(F)(F)O4)ccc1N.O=C(Cc1cccc(Cl)c1)NC1=Nc2cc3c(cc2C1)OC(F)(F)O3.O=C(NC1=Nc2cc3c(cc2C1)OC(F)(F)O3)c1csc(-c2ccco2)n1.O=C(Nc1nc(C(=O)Nc2nc3cc4c(cc3[nH]2)OC(F)(F)O4)ns1)c1ccsc1. The molecule has 51 heteroatoms. The molecule has 8 aliphatic rings. The maximum Gasteiger partial charge on any atom is 0.586 e. The lowest BCUT2D eigenvalue weighted by atomic mass is 10.1. The highest BCUT2D eigenvalue weighted by Gasteiger charge is 2.49. The number of H-pyrrole nitrogens is 2. The number of carbonyl (C=O) groups is 6. The number of nitrogen functional groups attached to an aromatic ring is 1. The predicted molar refractivity (Wildman–Crippen MR) is 457 cm³/mol. The van der Waals surface area contributed by atoms with Crippen LogP contribution in [-0.4, -0.2) is 145 Å². The summed E-state index contributed by atoms with van der Waals surface area (Å²) >= 11 is 9.41. The van der Waals surface area contributed by atoms with E-state index >= 15 is 0 Å². The van der Waals surface area contributed by atoms with Gasteiger partial charge in [-0.1, -0.05) is 23.7 Å². The first-order chi connectivity index (χ1) is 63.9. The number of hydrogen-bond acceptors (Lipinski definition) is 32. The van der Waals surface area contributed by atoms with Crippen LogP contribution in [0.25, 0.3) is 32.8 Å². The van der Waals surface area contributed by atoms with Crippen molar-refractivity contribution in [3.05, 3.63) is 218 Å². The number of rotatable bonds is 13. The number of carbonyl (C=O) groups excluding carboxylic acids is 6. The van der Waals surface area contributed by atoms with Crippen molar-refractivity contribution in [2.75, 3.05) is 47.8 Å². The number of hydrogen-bond donors (Lipinski definition) is 9. The maximum atomic E-state index is 13.1. The molecular weight excluding hydrogens is 1870 g/mol. The lowest BCUT2D eigenvalue weighted by molar-refractivity contribution is -0.287. The highest BCUT2D eigenvalue weighted by atomic mass is 35.5. The Morgan fingerprint density at radius 2 is 0.993 bits per heavy atom. The van der Waals surface area contributed by atoms with E-state index in [1.807, 2.05) is 19.0 Å². The van der Waals surface area contributed by atoms with E-state index in [2.05, 4.69) is 134 Å². The molecule has 0 fully saturated rings. The van der Waals surface area contributed by atoms with Crippen LogP contribution in [0, 0.1) is 0 Å². The number of nitrogens with two attached hydrogens (primary N) is 1. The molecule has 134 heavy (non-hydrogen) atoms. The average Bonchev–Trinajstić information content (AvgIpc) is 1.63. The number of nitrogens with one attached hydrogen (secondary N) is 8. The van der Waals surface area contributed by atoms with Crippen molar-refractivity contribution in [1.29, 1.82) is 0 Å². The van der Waals surface area contributed by atoms with E-state index in [9.17, 15) is 72.7 Å². The number of aromatic nitrogens is 8. The lowest BCUT2D eigenvalue weighted by Gasteiger charge is -2.12. The third-order valence-corrected chi connectivity index (χ3v) is 21.7. The average molecular weight is 1930 g/mol. The van der Waals surface area contributed by atoms with Gasteiger partial charge in [0, 0.05) is 115 Å². The van der Waals surface area contributed by atoms with Crippen LogP contribution in [0.2, 0.25) is 5.02 Å². The van der Waals surface area contributed by atoms with Crippen molar-refractivity contribution in [3.63, 3.8) is 0 Å². The minimum absolute atomic E-state index is 0.0366. The lowest BCUT2D eigenvalue weighted by Crippen LogP contribution is -2.31. The van der Waals surface area contributed by atoms with Gasteiger partial charge in [0.25, 0.3) is 29.5 Å². The van der Waals surface area contributed by atoms with Crippen LogP contribution in [0.3, 0.4) is 0 Å². The minimum Gasteiger partial charge on any atom is -0.495 e. The molecule has 7 aromatic carbocycles. The molecule has 0 saturated heterocycles. The third kappa shape index (κ3) is 19.9. The molecule has 0 unspecified atom stereocenters. The Labute approximate surface area is 758 Å². The molecule has 6 amide bonds. The molecule has 0 radical (unpaired) electrons. The highest BCUT2D eigenvalue weighted by Crippen LogP contribution is 2.51. The number of methoxy groups -OCH3 is 1. The van der Waals surface area contributed by atoms with Crippen LogP contribution in [0.1, 0.15) is 74.4 Å². The number of imidazole rings is 2. The van der Waals surface area contributed by atoms with E-state index in [1.165, 1.54) is 115 Å². The Morgan fingerprint density at radius 3 is 1.49 bits per heavy atom. The number of fused-ring (bicyclic) bond motifs is 10. The minimum atomic E-state index is -3.73. The maximum absolute atomic E-state index is 13.1. The zero-order valence-corrected chi connectivity index (χ0v) is 70.9. The summed E-state index contributed by atoms with van der Waals surface area (Å²) in [6.07, 6.45) is -12.7. The molecule has 0 saturated carbocycles. The van der Waals surface area contributed by atoms with E-state index in [0.717, 1.165) is 22.8 Å². The van der Waals surface area contributed by atoms with Gasteiger partial charge in [0.15, 0.2) is 68.3 Å². The van der Waals surface area contributed by atoms with Gasteiger partial charge in [-0.2, -0.15) is 20.7 Å². The number of amidine groups is 3. The van der Waals surface area contributed by atoms with Crippen molar-refractivity contribution in [2.45, 2.75) is 57.2 Å². The first kappa shape index (κ1) is 88.3. The number of thiazole rings is 1. The molecule has 0 aliphatic carbocycles. The van der Waals surface area contributed by atoms with E-state index in [-0.39, 0.29) is 122 Å². The molecule has 15 heterocycles.